The average molecular weight is 287 g/mol. The molecule has 0 aromatic rings. The molecule has 0 saturated carbocycles. The molecule has 1 N–H and O–H groups in total. The van der Waals surface area contributed by atoms with Crippen molar-refractivity contribution in [1.82, 2.24) is 10.5 Å². The highest BCUT2D eigenvalue weighted by Gasteiger charge is 2.18. The first-order valence-corrected chi connectivity index (χ1v) is 6.75. The Kier molecular flexibility index (Phi) is 8.54. The number of alkyl carbamates (subject to hydrolysis) is 1. The molecule has 2 amide bonds. The van der Waals surface area contributed by atoms with E-state index in [1.54, 1.807) is 33.9 Å². The van der Waals surface area contributed by atoms with Gasteiger partial charge in [-0.25, -0.2) is 9.63 Å². The maximum Gasteiger partial charge on any atom is 0.408 e. The summed E-state index contributed by atoms with van der Waals surface area (Å²) >= 11 is 0. The fourth-order valence-electron chi connectivity index (χ4n) is 1.08. The summed E-state index contributed by atoms with van der Waals surface area (Å²) in [7, 11) is 0. The van der Waals surface area contributed by atoms with E-state index in [0.29, 0.717) is 6.61 Å². The van der Waals surface area contributed by atoms with Gasteiger partial charge in [0.1, 0.15) is 12.1 Å². The quantitative estimate of drug-likeness (QED) is 0.574. The van der Waals surface area contributed by atoms with Crippen LogP contribution in [0.2, 0.25) is 0 Å². The lowest BCUT2D eigenvalue weighted by Crippen LogP contribution is -2.40. The maximum absolute atomic E-state index is 11.8. The summed E-state index contributed by atoms with van der Waals surface area (Å²) in [5.41, 5.74) is -0.605. The Balaban J connectivity index is 4.29. The molecule has 0 aliphatic heterocycles. The zero-order valence-electron chi connectivity index (χ0n) is 12.9. The van der Waals surface area contributed by atoms with Crippen molar-refractivity contribution >= 4 is 18.2 Å². The van der Waals surface area contributed by atoms with Crippen LogP contribution in [0.15, 0.2) is 5.10 Å². The molecule has 0 aromatic carbocycles. The summed E-state index contributed by atoms with van der Waals surface area (Å²) < 4.78 is 5.03. The number of unbranched alkanes of at least 4 members (excludes halogenated alkanes) is 1. The molecule has 0 rings (SSSR count). The highest BCUT2D eigenvalue weighted by atomic mass is 16.7. The Morgan fingerprint density at radius 2 is 1.95 bits per heavy atom. The van der Waals surface area contributed by atoms with E-state index >= 15 is 0 Å². The number of ether oxygens (including phenoxy) is 1. The third-order valence-electron chi connectivity index (χ3n) is 1.85. The first kappa shape index (κ1) is 18.4. The predicted octanol–water partition coefficient (Wildman–Crippen LogP) is 2.08. The third kappa shape index (κ3) is 9.32. The number of hydrazone groups is 1. The lowest BCUT2D eigenvalue weighted by molar-refractivity contribution is -0.183. The Morgan fingerprint density at radius 1 is 1.30 bits per heavy atom. The van der Waals surface area contributed by atoms with Gasteiger partial charge < -0.3 is 10.1 Å². The van der Waals surface area contributed by atoms with Crippen LogP contribution in [-0.2, 0) is 14.4 Å². The second-order valence-corrected chi connectivity index (χ2v) is 5.03. The fourth-order valence-corrected chi connectivity index (χ4v) is 1.08. The standard InChI is InChI=1S/C13H25N3O4/c1-6-8-9-15-16(19-7-2)11(17)10-14-12(18)20-13(3,4)5/h9H,6-8,10H2,1-5H3,(H,14,18). The van der Waals surface area contributed by atoms with Crippen molar-refractivity contribution in [2.45, 2.75) is 53.1 Å². The van der Waals surface area contributed by atoms with Gasteiger partial charge in [0.05, 0.1) is 6.61 Å². The number of carbonyl (C=O) groups excluding carboxylic acids is 2. The van der Waals surface area contributed by atoms with Crippen molar-refractivity contribution in [3.63, 3.8) is 0 Å². The molecule has 7 nitrogen and oxygen atoms in total. The zero-order valence-corrected chi connectivity index (χ0v) is 12.9. The van der Waals surface area contributed by atoms with Gasteiger partial charge >= 0.3 is 6.09 Å². The number of rotatable bonds is 7. The maximum atomic E-state index is 11.8. The van der Waals surface area contributed by atoms with E-state index in [1.807, 2.05) is 6.92 Å². The number of nitrogens with one attached hydrogen (secondary N) is 1. The first-order chi connectivity index (χ1) is 9.30. The molecule has 0 atom stereocenters. The van der Waals surface area contributed by atoms with Gasteiger partial charge in [-0.3, -0.25) is 4.79 Å². The van der Waals surface area contributed by atoms with Crippen LogP contribution in [0, 0.1) is 0 Å². The molecule has 0 aliphatic carbocycles. The Hall–Kier alpha value is -1.63. The minimum atomic E-state index is -0.653. The van der Waals surface area contributed by atoms with Crippen LogP contribution >= 0.6 is 0 Å². The molecular weight excluding hydrogens is 262 g/mol. The lowest BCUT2D eigenvalue weighted by Gasteiger charge is -2.20. The van der Waals surface area contributed by atoms with E-state index in [9.17, 15) is 9.59 Å². The molecule has 0 fully saturated rings. The van der Waals surface area contributed by atoms with E-state index in [-0.39, 0.29) is 6.54 Å². The van der Waals surface area contributed by atoms with Gasteiger partial charge in [-0.2, -0.15) is 5.10 Å². The highest BCUT2D eigenvalue weighted by molar-refractivity contribution is 5.82. The number of hydroxylamine groups is 1. The Morgan fingerprint density at radius 3 is 2.45 bits per heavy atom. The van der Waals surface area contributed by atoms with Crippen LogP contribution < -0.4 is 5.32 Å². The van der Waals surface area contributed by atoms with Gasteiger partial charge in [-0.15, -0.1) is 5.17 Å². The molecule has 0 aromatic heterocycles. The molecule has 0 radical (unpaired) electrons. The Labute approximate surface area is 120 Å². The van der Waals surface area contributed by atoms with E-state index in [4.69, 9.17) is 9.57 Å². The third-order valence-corrected chi connectivity index (χ3v) is 1.85. The number of hydrogen-bond donors (Lipinski definition) is 1. The van der Waals surface area contributed by atoms with Crippen molar-refractivity contribution in [1.29, 1.82) is 0 Å². The fraction of sp³-hybridized carbons (Fsp3) is 0.769. The molecule has 0 saturated heterocycles. The summed E-state index contributed by atoms with van der Waals surface area (Å²) in [5, 5.41) is 7.14. The molecule has 0 spiro atoms. The summed E-state index contributed by atoms with van der Waals surface area (Å²) in [6, 6.07) is 0. The normalized spacial score (nSPS) is 11.4. The van der Waals surface area contributed by atoms with Crippen LogP contribution in [0.4, 0.5) is 4.79 Å². The summed E-state index contributed by atoms with van der Waals surface area (Å²) in [5.74, 6) is -0.468. The van der Waals surface area contributed by atoms with Crippen LogP contribution in [-0.4, -0.2) is 42.1 Å². The minimum Gasteiger partial charge on any atom is -0.444 e. The van der Waals surface area contributed by atoms with E-state index < -0.39 is 17.6 Å². The number of amides is 2. The lowest BCUT2D eigenvalue weighted by atomic mass is 10.2. The zero-order chi connectivity index (χ0) is 15.6. The smallest absolute Gasteiger partial charge is 0.408 e. The molecule has 0 bridgehead atoms. The summed E-state index contributed by atoms with van der Waals surface area (Å²) in [6.45, 7) is 9.06. The van der Waals surface area contributed by atoms with E-state index in [1.165, 1.54) is 0 Å². The van der Waals surface area contributed by atoms with Crippen LogP contribution in [0.5, 0.6) is 0 Å². The summed E-state index contributed by atoms with van der Waals surface area (Å²) in [6.07, 6.45) is 2.62. The molecule has 0 heterocycles. The van der Waals surface area contributed by atoms with Gasteiger partial charge in [-0.1, -0.05) is 13.3 Å². The second-order valence-electron chi connectivity index (χ2n) is 5.03. The summed E-state index contributed by atoms with van der Waals surface area (Å²) in [4.78, 5) is 28.3. The Bertz CT molecular complexity index is 337. The molecular formula is C13H25N3O4. The number of hydrogen-bond acceptors (Lipinski definition) is 5. The SMILES string of the molecule is CCCC=NN(OCC)C(=O)CNC(=O)OC(C)(C)C. The van der Waals surface area contributed by atoms with Gasteiger partial charge in [0.2, 0.25) is 0 Å². The van der Waals surface area contributed by atoms with Crippen LogP contribution in [0.25, 0.3) is 0 Å². The average Bonchev–Trinajstić information content (AvgIpc) is 2.33. The predicted molar refractivity (Wildman–Crippen MR) is 76.1 cm³/mol. The number of nitrogens with zero attached hydrogens (tertiary/aromatic N) is 2. The number of carbonyl (C=O) groups is 2. The molecule has 7 heteroatoms. The van der Waals surface area contributed by atoms with E-state index in [2.05, 4.69) is 10.4 Å². The minimum absolute atomic E-state index is 0.238. The molecule has 0 unspecified atom stereocenters. The van der Waals surface area contributed by atoms with Gasteiger partial charge in [0, 0.05) is 6.21 Å². The molecule has 20 heavy (non-hydrogen) atoms. The molecule has 116 valence electrons. The largest absolute Gasteiger partial charge is 0.444 e. The molecule has 0 aliphatic rings. The van der Waals surface area contributed by atoms with Crippen molar-refractivity contribution in [2.24, 2.45) is 5.10 Å². The van der Waals surface area contributed by atoms with Gasteiger partial charge in [0.25, 0.3) is 5.91 Å². The van der Waals surface area contributed by atoms with Gasteiger partial charge in [-0.05, 0) is 34.1 Å². The van der Waals surface area contributed by atoms with Crippen molar-refractivity contribution < 1.29 is 19.2 Å². The van der Waals surface area contributed by atoms with Gasteiger partial charge in [0.15, 0.2) is 0 Å². The van der Waals surface area contributed by atoms with Crippen molar-refractivity contribution in [3.05, 3.63) is 0 Å². The topological polar surface area (TPSA) is 80.2 Å². The van der Waals surface area contributed by atoms with Crippen molar-refractivity contribution in [3.8, 4) is 0 Å². The monoisotopic (exact) mass is 287 g/mol. The van der Waals surface area contributed by atoms with Crippen LogP contribution in [0.1, 0.15) is 47.5 Å². The van der Waals surface area contributed by atoms with E-state index in [0.717, 1.165) is 18.0 Å². The van der Waals surface area contributed by atoms with Crippen molar-refractivity contribution in [2.75, 3.05) is 13.2 Å². The highest BCUT2D eigenvalue weighted by Crippen LogP contribution is 2.06. The first-order valence-electron chi connectivity index (χ1n) is 6.75. The second kappa shape index (κ2) is 9.30. The van der Waals surface area contributed by atoms with Crippen LogP contribution in [0.3, 0.4) is 0 Å².